The largest absolute Gasteiger partial charge is 0.497 e. The van der Waals surface area contributed by atoms with E-state index < -0.39 is 0 Å². The van der Waals surface area contributed by atoms with Crippen LogP contribution in [-0.2, 0) is 0 Å². The number of carbonyl (C=O) groups is 1. The molecular formula is C20H26ClNO3. The maximum absolute atomic E-state index is 12.1. The van der Waals surface area contributed by atoms with E-state index in [9.17, 15) is 4.79 Å². The summed E-state index contributed by atoms with van der Waals surface area (Å²) in [5.74, 6) is 2.13. The highest BCUT2D eigenvalue weighted by atomic mass is 35.5. The zero-order valence-electron chi connectivity index (χ0n) is 15.0. The molecule has 0 heterocycles. The van der Waals surface area contributed by atoms with Gasteiger partial charge in [0.1, 0.15) is 11.5 Å². The van der Waals surface area contributed by atoms with Gasteiger partial charge in [0.2, 0.25) is 0 Å². The van der Waals surface area contributed by atoms with Crippen molar-refractivity contribution in [1.29, 1.82) is 0 Å². The fourth-order valence-corrected chi connectivity index (χ4v) is 2.51. The lowest BCUT2D eigenvalue weighted by atomic mass is 9.97. The Hall–Kier alpha value is -2.04. The lowest BCUT2D eigenvalue weighted by Gasteiger charge is -2.13. The van der Waals surface area contributed by atoms with Gasteiger partial charge in [-0.25, -0.2) is 0 Å². The molecule has 0 aliphatic heterocycles. The SMILES string of the molecule is COc1ccc(C(=O)CNCCC(C)c2cccc(OC)c2)cc1.Cl. The van der Waals surface area contributed by atoms with Gasteiger partial charge < -0.3 is 14.8 Å². The van der Waals surface area contributed by atoms with Crippen LogP contribution in [0.25, 0.3) is 0 Å². The minimum atomic E-state index is 0. The first-order valence-corrected chi connectivity index (χ1v) is 8.16. The van der Waals surface area contributed by atoms with E-state index in [2.05, 4.69) is 24.4 Å². The highest BCUT2D eigenvalue weighted by Crippen LogP contribution is 2.22. The average Bonchev–Trinajstić information content (AvgIpc) is 2.65. The number of methoxy groups -OCH3 is 2. The van der Waals surface area contributed by atoms with Gasteiger partial charge in [-0.05, 0) is 60.8 Å². The van der Waals surface area contributed by atoms with Crippen molar-refractivity contribution in [2.75, 3.05) is 27.3 Å². The van der Waals surface area contributed by atoms with Crippen molar-refractivity contribution in [3.63, 3.8) is 0 Å². The van der Waals surface area contributed by atoms with E-state index in [0.717, 1.165) is 24.5 Å². The van der Waals surface area contributed by atoms with Gasteiger partial charge in [-0.1, -0.05) is 19.1 Å². The number of nitrogens with one attached hydrogen (secondary N) is 1. The second kappa shape index (κ2) is 10.7. The summed E-state index contributed by atoms with van der Waals surface area (Å²) < 4.78 is 10.4. The highest BCUT2D eigenvalue weighted by Gasteiger charge is 2.08. The minimum absolute atomic E-state index is 0. The summed E-state index contributed by atoms with van der Waals surface area (Å²) in [6.45, 7) is 3.32. The first-order valence-electron chi connectivity index (χ1n) is 8.16. The van der Waals surface area contributed by atoms with Gasteiger partial charge in [0.15, 0.2) is 5.78 Å². The first-order chi connectivity index (χ1) is 11.6. The third kappa shape index (κ3) is 6.40. The zero-order valence-corrected chi connectivity index (χ0v) is 15.8. The molecule has 25 heavy (non-hydrogen) atoms. The molecular weight excluding hydrogens is 338 g/mol. The van der Waals surface area contributed by atoms with Gasteiger partial charge in [0.25, 0.3) is 0 Å². The molecule has 0 aliphatic rings. The monoisotopic (exact) mass is 363 g/mol. The maximum Gasteiger partial charge on any atom is 0.176 e. The smallest absolute Gasteiger partial charge is 0.176 e. The molecule has 0 radical (unpaired) electrons. The van der Waals surface area contributed by atoms with Crippen LogP contribution in [0.4, 0.5) is 0 Å². The Bertz CT molecular complexity index is 658. The number of rotatable bonds is 9. The molecule has 0 fully saturated rings. The van der Waals surface area contributed by atoms with Gasteiger partial charge in [0, 0.05) is 5.56 Å². The van der Waals surface area contributed by atoms with Crippen molar-refractivity contribution in [1.82, 2.24) is 5.32 Å². The molecule has 0 spiro atoms. The molecule has 5 heteroatoms. The molecule has 1 atom stereocenters. The third-order valence-corrected chi connectivity index (χ3v) is 4.11. The molecule has 0 aliphatic carbocycles. The second-order valence-electron chi connectivity index (χ2n) is 5.79. The van der Waals surface area contributed by atoms with Crippen LogP contribution < -0.4 is 14.8 Å². The summed E-state index contributed by atoms with van der Waals surface area (Å²) in [4.78, 5) is 12.1. The molecule has 0 aromatic heterocycles. The fraction of sp³-hybridized carbons (Fsp3) is 0.350. The Morgan fingerprint density at radius 3 is 2.36 bits per heavy atom. The van der Waals surface area contributed by atoms with Crippen molar-refractivity contribution < 1.29 is 14.3 Å². The fourth-order valence-electron chi connectivity index (χ4n) is 2.51. The lowest BCUT2D eigenvalue weighted by molar-refractivity contribution is 0.0991. The number of halogens is 1. The van der Waals surface area contributed by atoms with Crippen LogP contribution in [0.2, 0.25) is 0 Å². The van der Waals surface area contributed by atoms with Crippen molar-refractivity contribution in [3.8, 4) is 11.5 Å². The summed E-state index contributed by atoms with van der Waals surface area (Å²) in [5, 5.41) is 3.23. The summed E-state index contributed by atoms with van der Waals surface area (Å²) in [6, 6.07) is 15.3. The second-order valence-corrected chi connectivity index (χ2v) is 5.79. The van der Waals surface area contributed by atoms with Crippen LogP contribution in [0.3, 0.4) is 0 Å². The summed E-state index contributed by atoms with van der Waals surface area (Å²) in [6.07, 6.45) is 0.961. The van der Waals surface area contributed by atoms with Crippen molar-refractivity contribution in [2.45, 2.75) is 19.3 Å². The molecule has 4 nitrogen and oxygen atoms in total. The van der Waals surface area contributed by atoms with Gasteiger partial charge in [-0.3, -0.25) is 4.79 Å². The molecule has 1 N–H and O–H groups in total. The van der Waals surface area contributed by atoms with Crippen LogP contribution in [0.1, 0.15) is 35.2 Å². The van der Waals surface area contributed by atoms with Crippen molar-refractivity contribution >= 4 is 18.2 Å². The van der Waals surface area contributed by atoms with Gasteiger partial charge in [-0.2, -0.15) is 0 Å². The third-order valence-electron chi connectivity index (χ3n) is 4.11. The number of Topliss-reactive ketones (excluding diaryl/α,β-unsaturated/α-hetero) is 1. The molecule has 136 valence electrons. The van der Waals surface area contributed by atoms with Crippen LogP contribution in [0.15, 0.2) is 48.5 Å². The Balaban J connectivity index is 0.00000312. The van der Waals surface area contributed by atoms with Crippen LogP contribution in [0, 0.1) is 0 Å². The van der Waals surface area contributed by atoms with Gasteiger partial charge in [-0.15, -0.1) is 12.4 Å². The number of hydrogen-bond acceptors (Lipinski definition) is 4. The summed E-state index contributed by atoms with van der Waals surface area (Å²) in [7, 11) is 3.29. The quantitative estimate of drug-likeness (QED) is 0.538. The normalized spacial score (nSPS) is 11.3. The number of carbonyl (C=O) groups excluding carboxylic acids is 1. The van der Waals surface area contributed by atoms with E-state index in [1.807, 2.05) is 12.1 Å². The summed E-state index contributed by atoms with van der Waals surface area (Å²) >= 11 is 0. The molecule has 0 saturated carbocycles. The van der Waals surface area contributed by atoms with Crippen LogP contribution >= 0.6 is 12.4 Å². The molecule has 2 aromatic rings. The predicted molar refractivity (Wildman–Crippen MR) is 103 cm³/mol. The van der Waals surface area contributed by atoms with Crippen molar-refractivity contribution in [2.24, 2.45) is 0 Å². The van der Waals surface area contributed by atoms with Crippen molar-refractivity contribution in [3.05, 3.63) is 59.7 Å². The standard InChI is InChI=1S/C20H25NO3.ClH/c1-15(17-5-4-6-19(13-17)24-3)11-12-21-14-20(22)16-7-9-18(23-2)10-8-16;/h4-10,13,15,21H,11-12,14H2,1-3H3;1H. The van der Waals surface area contributed by atoms with Crippen LogP contribution in [0.5, 0.6) is 11.5 Å². The minimum Gasteiger partial charge on any atom is -0.497 e. The Kier molecular flexibility index (Phi) is 9.03. The van der Waals surface area contributed by atoms with E-state index >= 15 is 0 Å². The van der Waals surface area contributed by atoms with E-state index in [1.165, 1.54) is 5.56 Å². The molecule has 2 aromatic carbocycles. The molecule has 1 unspecified atom stereocenters. The Morgan fingerprint density at radius 2 is 1.72 bits per heavy atom. The molecule has 2 rings (SSSR count). The number of ether oxygens (including phenoxy) is 2. The number of ketones is 1. The van der Waals surface area contributed by atoms with E-state index in [-0.39, 0.29) is 18.2 Å². The highest BCUT2D eigenvalue weighted by molar-refractivity contribution is 5.97. The lowest BCUT2D eigenvalue weighted by Crippen LogP contribution is -2.24. The predicted octanol–water partition coefficient (Wildman–Crippen LogP) is 4.09. The average molecular weight is 364 g/mol. The zero-order chi connectivity index (χ0) is 17.4. The first kappa shape index (κ1) is 21.0. The molecule has 0 bridgehead atoms. The number of benzene rings is 2. The van der Waals surface area contributed by atoms with Gasteiger partial charge >= 0.3 is 0 Å². The van der Waals surface area contributed by atoms with Gasteiger partial charge in [0.05, 0.1) is 20.8 Å². The number of hydrogen-bond donors (Lipinski definition) is 1. The summed E-state index contributed by atoms with van der Waals surface area (Å²) in [5.41, 5.74) is 1.95. The topological polar surface area (TPSA) is 47.6 Å². The Morgan fingerprint density at radius 1 is 1.04 bits per heavy atom. The van der Waals surface area contributed by atoms with E-state index in [4.69, 9.17) is 9.47 Å². The Labute approximate surface area is 155 Å². The molecule has 0 saturated heterocycles. The van der Waals surface area contributed by atoms with E-state index in [1.54, 1.807) is 38.5 Å². The van der Waals surface area contributed by atoms with E-state index in [0.29, 0.717) is 18.0 Å². The maximum atomic E-state index is 12.1. The molecule has 0 amide bonds. The van der Waals surface area contributed by atoms with Crippen LogP contribution in [-0.4, -0.2) is 33.1 Å².